The van der Waals surface area contributed by atoms with E-state index in [0.29, 0.717) is 30.8 Å². The Kier molecular flexibility index (Phi) is 4.99. The summed E-state index contributed by atoms with van der Waals surface area (Å²) in [5.41, 5.74) is 0.949. The maximum absolute atomic E-state index is 12.1. The Hall–Kier alpha value is -2.84. The number of carbonyl (C=O) groups is 2. The Labute approximate surface area is 133 Å². The predicted octanol–water partition coefficient (Wildman–Crippen LogP) is 0.0493. The van der Waals surface area contributed by atoms with Crippen molar-refractivity contribution in [1.29, 1.82) is 0 Å². The molecule has 2 rings (SSSR count). The Morgan fingerprint density at radius 3 is 2.78 bits per heavy atom. The van der Waals surface area contributed by atoms with Gasteiger partial charge in [-0.05, 0) is 13.3 Å². The third-order valence-electron chi connectivity index (χ3n) is 3.40. The minimum absolute atomic E-state index is 0.0735. The molecule has 0 aliphatic rings. The summed E-state index contributed by atoms with van der Waals surface area (Å²) < 4.78 is 1.56. The predicted molar refractivity (Wildman–Crippen MR) is 82.1 cm³/mol. The molecule has 0 unspecified atom stereocenters. The lowest BCUT2D eigenvalue weighted by Gasteiger charge is -2.16. The van der Waals surface area contributed by atoms with Crippen molar-refractivity contribution in [1.82, 2.24) is 30.2 Å². The number of aryl methyl sites for hydroxylation is 2. The number of aromatic hydroxyl groups is 1. The van der Waals surface area contributed by atoms with E-state index in [0.717, 1.165) is 0 Å². The second-order valence-corrected chi connectivity index (χ2v) is 5.27. The lowest BCUT2D eigenvalue weighted by atomic mass is 10.3. The largest absolute Gasteiger partial charge is 0.504 e. The van der Waals surface area contributed by atoms with E-state index >= 15 is 0 Å². The van der Waals surface area contributed by atoms with Gasteiger partial charge in [-0.3, -0.25) is 19.4 Å². The zero-order valence-electron chi connectivity index (χ0n) is 13.3. The molecule has 0 aliphatic carbocycles. The summed E-state index contributed by atoms with van der Waals surface area (Å²) in [6, 6.07) is 0. The minimum atomic E-state index is -0.346. The van der Waals surface area contributed by atoms with Gasteiger partial charge < -0.3 is 15.3 Å². The highest BCUT2D eigenvalue weighted by molar-refractivity contribution is 5.95. The second-order valence-electron chi connectivity index (χ2n) is 5.27. The molecule has 2 aromatic rings. The summed E-state index contributed by atoms with van der Waals surface area (Å²) in [5, 5.41) is 22.7. The van der Waals surface area contributed by atoms with Gasteiger partial charge in [0.2, 0.25) is 0 Å². The monoisotopic (exact) mass is 320 g/mol. The first-order valence-electron chi connectivity index (χ1n) is 7.16. The summed E-state index contributed by atoms with van der Waals surface area (Å²) in [6.07, 6.45) is 3.71. The average molecular weight is 320 g/mol. The Morgan fingerprint density at radius 1 is 1.48 bits per heavy atom. The maximum atomic E-state index is 12.1. The van der Waals surface area contributed by atoms with E-state index < -0.39 is 0 Å². The van der Waals surface area contributed by atoms with E-state index in [1.165, 1.54) is 11.1 Å². The molecule has 0 aliphatic heterocycles. The van der Waals surface area contributed by atoms with E-state index in [1.54, 1.807) is 31.9 Å². The fraction of sp³-hybridized carbons (Fsp3) is 0.429. The van der Waals surface area contributed by atoms with Crippen molar-refractivity contribution in [2.24, 2.45) is 7.05 Å². The molecule has 124 valence electrons. The summed E-state index contributed by atoms with van der Waals surface area (Å²) in [5.74, 6) is -0.678. The second kappa shape index (κ2) is 6.95. The summed E-state index contributed by atoms with van der Waals surface area (Å²) in [6.45, 7) is 2.47. The first kappa shape index (κ1) is 16.5. The van der Waals surface area contributed by atoms with Crippen molar-refractivity contribution in [2.75, 3.05) is 20.1 Å². The topological polar surface area (TPSA) is 116 Å². The molecule has 0 saturated carbocycles. The first-order valence-corrected chi connectivity index (χ1v) is 7.16. The van der Waals surface area contributed by atoms with Gasteiger partial charge in [0, 0.05) is 33.4 Å². The molecule has 2 aromatic heterocycles. The number of aromatic nitrogens is 4. The van der Waals surface area contributed by atoms with E-state index in [4.69, 9.17) is 0 Å². The molecule has 0 fully saturated rings. The van der Waals surface area contributed by atoms with Crippen LogP contribution < -0.4 is 5.32 Å². The van der Waals surface area contributed by atoms with Crippen molar-refractivity contribution in [3.8, 4) is 5.75 Å². The lowest BCUT2D eigenvalue weighted by Crippen LogP contribution is -2.31. The number of hydrogen-bond acceptors (Lipinski definition) is 5. The highest BCUT2D eigenvalue weighted by atomic mass is 16.3. The first-order chi connectivity index (χ1) is 10.9. The molecule has 0 bridgehead atoms. The van der Waals surface area contributed by atoms with Gasteiger partial charge in [-0.15, -0.1) is 0 Å². The summed E-state index contributed by atoms with van der Waals surface area (Å²) >= 11 is 0. The van der Waals surface area contributed by atoms with Crippen LogP contribution in [0, 0.1) is 6.92 Å². The van der Waals surface area contributed by atoms with E-state index in [9.17, 15) is 14.7 Å². The molecule has 0 aromatic carbocycles. The Morgan fingerprint density at radius 2 is 2.22 bits per heavy atom. The van der Waals surface area contributed by atoms with Gasteiger partial charge in [0.15, 0.2) is 11.4 Å². The van der Waals surface area contributed by atoms with Crippen LogP contribution in [-0.4, -0.2) is 61.9 Å². The molecule has 2 amide bonds. The van der Waals surface area contributed by atoms with Crippen molar-refractivity contribution in [2.45, 2.75) is 13.3 Å². The van der Waals surface area contributed by atoms with Crippen LogP contribution in [0.3, 0.4) is 0 Å². The molecule has 23 heavy (non-hydrogen) atoms. The van der Waals surface area contributed by atoms with Gasteiger partial charge >= 0.3 is 0 Å². The third-order valence-corrected chi connectivity index (χ3v) is 3.40. The quantitative estimate of drug-likeness (QED) is 0.650. The fourth-order valence-corrected chi connectivity index (χ4v) is 2.03. The maximum Gasteiger partial charge on any atom is 0.275 e. The lowest BCUT2D eigenvalue weighted by molar-refractivity contribution is 0.0784. The fourth-order valence-electron chi connectivity index (χ4n) is 2.03. The van der Waals surface area contributed by atoms with Crippen LogP contribution in [0.15, 0.2) is 12.4 Å². The normalized spacial score (nSPS) is 10.6. The molecular formula is C14H20N6O3. The van der Waals surface area contributed by atoms with Gasteiger partial charge in [-0.2, -0.15) is 10.2 Å². The molecule has 0 atom stereocenters. The van der Waals surface area contributed by atoms with Crippen molar-refractivity contribution in [3.63, 3.8) is 0 Å². The zero-order valence-corrected chi connectivity index (χ0v) is 13.3. The standard InChI is InChI=1S/C14H20N6O3/c1-9-12(21)11(18-17-9)14(23)19(2)6-4-5-15-13(22)10-7-16-20(3)8-10/h7-8,21H,4-6H2,1-3H3,(H,15,22)(H,17,18). The van der Waals surface area contributed by atoms with Gasteiger partial charge in [0.05, 0.1) is 11.8 Å². The molecule has 2 heterocycles. The SMILES string of the molecule is Cc1n[nH]c(C(=O)N(C)CCCNC(=O)c2cnn(C)c2)c1O. The van der Waals surface area contributed by atoms with Crippen molar-refractivity contribution in [3.05, 3.63) is 29.3 Å². The highest BCUT2D eigenvalue weighted by Crippen LogP contribution is 2.19. The van der Waals surface area contributed by atoms with Crippen LogP contribution in [0.4, 0.5) is 0 Å². The highest BCUT2D eigenvalue weighted by Gasteiger charge is 2.19. The summed E-state index contributed by atoms with van der Waals surface area (Å²) in [4.78, 5) is 25.4. The zero-order chi connectivity index (χ0) is 17.0. The summed E-state index contributed by atoms with van der Waals surface area (Å²) in [7, 11) is 3.37. The molecule has 0 radical (unpaired) electrons. The average Bonchev–Trinajstić information content (AvgIpc) is 3.10. The van der Waals surface area contributed by atoms with Crippen LogP contribution >= 0.6 is 0 Å². The van der Waals surface area contributed by atoms with Gasteiger partial charge in [-0.1, -0.05) is 0 Å². The van der Waals surface area contributed by atoms with Gasteiger partial charge in [0.25, 0.3) is 11.8 Å². The van der Waals surface area contributed by atoms with Crippen LogP contribution in [0.1, 0.15) is 33.0 Å². The molecule has 0 saturated heterocycles. The van der Waals surface area contributed by atoms with Crippen LogP contribution in [0.25, 0.3) is 0 Å². The van der Waals surface area contributed by atoms with Crippen LogP contribution in [0.5, 0.6) is 5.75 Å². The minimum Gasteiger partial charge on any atom is -0.504 e. The number of hydrogen-bond donors (Lipinski definition) is 3. The number of aromatic amines is 1. The molecule has 9 heteroatoms. The van der Waals surface area contributed by atoms with Gasteiger partial charge in [-0.25, -0.2) is 0 Å². The molecular weight excluding hydrogens is 300 g/mol. The van der Waals surface area contributed by atoms with E-state index in [-0.39, 0.29) is 23.3 Å². The Balaban J connectivity index is 1.76. The number of H-pyrrole nitrogens is 1. The number of carbonyl (C=O) groups excluding carboxylic acids is 2. The third kappa shape index (κ3) is 3.87. The molecule has 3 N–H and O–H groups in total. The molecule has 0 spiro atoms. The van der Waals surface area contributed by atoms with Gasteiger partial charge in [0.1, 0.15) is 5.69 Å². The number of nitrogens with zero attached hydrogens (tertiary/aromatic N) is 4. The number of nitrogens with one attached hydrogen (secondary N) is 2. The van der Waals surface area contributed by atoms with Crippen molar-refractivity contribution >= 4 is 11.8 Å². The Bertz CT molecular complexity index is 705. The van der Waals surface area contributed by atoms with Crippen LogP contribution in [-0.2, 0) is 7.05 Å². The van der Waals surface area contributed by atoms with E-state index in [2.05, 4.69) is 20.6 Å². The number of amides is 2. The number of rotatable bonds is 6. The van der Waals surface area contributed by atoms with Crippen molar-refractivity contribution < 1.29 is 14.7 Å². The van der Waals surface area contributed by atoms with Crippen LogP contribution in [0.2, 0.25) is 0 Å². The smallest absolute Gasteiger partial charge is 0.275 e. The van der Waals surface area contributed by atoms with E-state index in [1.807, 2.05) is 0 Å². The molecule has 9 nitrogen and oxygen atoms in total.